The van der Waals surface area contributed by atoms with Crippen LogP contribution >= 0.6 is 15.9 Å². The van der Waals surface area contributed by atoms with Crippen molar-refractivity contribution in [3.8, 4) is 0 Å². The van der Waals surface area contributed by atoms with Gasteiger partial charge < -0.3 is 51.1 Å². The maximum absolute atomic E-state index is 13.6. The zero-order valence-corrected chi connectivity index (χ0v) is 58.9. The summed E-state index contributed by atoms with van der Waals surface area (Å²) in [6, 6.07) is 6.29. The van der Waals surface area contributed by atoms with Gasteiger partial charge in [0, 0.05) is 64.6 Å². The lowest BCUT2D eigenvalue weighted by atomic mass is 9.72. The monoisotopic (exact) mass is 1300 g/mol. The number of Topliss-reactive ketones (excluding diaryl/α,β-unsaturated/α-hetero) is 1. The van der Waals surface area contributed by atoms with Crippen LogP contribution in [0.5, 0.6) is 0 Å². The molecule has 1 aromatic heterocycles. The first-order chi connectivity index (χ1) is 41.7. The number of carbonyl (C=O) groups excluding carboxylic acids is 8. The van der Waals surface area contributed by atoms with Gasteiger partial charge in [-0.05, 0) is 101 Å². The average molecular weight is 1310 g/mol. The molecule has 2 aromatic rings. The second kappa shape index (κ2) is 52.0. The maximum Gasteiger partial charge on any atom is 0.303 e. The summed E-state index contributed by atoms with van der Waals surface area (Å²) < 4.78 is 5.42. The number of benzene rings is 1. The fourth-order valence-corrected chi connectivity index (χ4v) is 9.87. The Morgan fingerprint density at radius 2 is 1.38 bits per heavy atom. The minimum absolute atomic E-state index is 0.0250. The van der Waals surface area contributed by atoms with Crippen molar-refractivity contribution in [1.82, 2.24) is 45.9 Å². The van der Waals surface area contributed by atoms with Crippen molar-refractivity contribution in [2.45, 2.75) is 204 Å². The van der Waals surface area contributed by atoms with E-state index in [0.29, 0.717) is 54.0 Å². The number of alkyl halides is 1. The lowest BCUT2D eigenvalue weighted by Crippen LogP contribution is -2.51. The van der Waals surface area contributed by atoms with Crippen LogP contribution in [0.25, 0.3) is 0 Å². The smallest absolute Gasteiger partial charge is 0.303 e. The van der Waals surface area contributed by atoms with Gasteiger partial charge in [0.1, 0.15) is 17.6 Å². The van der Waals surface area contributed by atoms with Crippen LogP contribution in [0.1, 0.15) is 196 Å². The SMILES string of the molecule is CC.CCC.CCC(=O)O.CCC(C)C(C(CC(C)=O)OC)N(C)C(=O)CNC=O.CCC(C)CCCC(C)C(C(C)CC)C(C)C(=O)N(C)CCc1cccc(NC(=O)CNC(=O)C(C)NC(=O)CNC(=O)c2cnc(CBr)nc2)c1.CN1CCCC1. The Kier molecular flexibility index (Phi) is 51.0. The summed E-state index contributed by atoms with van der Waals surface area (Å²) >= 11 is 3.23. The standard InChI is InChI=1S/C39H60BrN7O5.C14H26N2O4.C5H11N.C3H6O2.C3H8.C2H6/c1-9-25(3)13-11-14-27(5)36(26(4)10-2)28(6)39(52)47(8)18-17-30-15-12-16-32(19-30)46-35(49)24-43-37(50)29(7)45-34(48)23-44-38(51)31-21-41-33(20-40)42-22-31;1-6-10(2)14(12(20-5)7-11(3)18)16(4)13(19)8-15-9-17;1-6-4-2-3-5-6;1-2-3(4)5;1-3-2;1-2/h12,15-16,19,21-22,25-29,36H,9-11,13-14,17-18,20,23-24H2,1-8H3,(H,43,50)(H,44,51)(H,45,48)(H,46,49);9-10,12,14H,6-8H2,1-5H3,(H,15,17);2-5H2,1H3;2H2,1H3,(H,4,5);3H2,1-2H3;1-2H3. The fourth-order valence-electron chi connectivity index (χ4n) is 9.58. The molecule has 88 heavy (non-hydrogen) atoms. The highest BCUT2D eigenvalue weighted by molar-refractivity contribution is 9.08. The summed E-state index contributed by atoms with van der Waals surface area (Å²) in [7, 11) is 7.27. The topological polar surface area (TPSA) is 279 Å². The number of hydrogen-bond donors (Lipinski definition) is 6. The Bertz CT molecular complexity index is 2270. The maximum atomic E-state index is 13.6. The molecule has 21 nitrogen and oxygen atoms in total. The number of amides is 7. The zero-order valence-electron chi connectivity index (χ0n) is 57.3. The van der Waals surface area contributed by atoms with Gasteiger partial charge in [-0.2, -0.15) is 0 Å². The highest BCUT2D eigenvalue weighted by atomic mass is 79.9. The number of carbonyl (C=O) groups is 9. The van der Waals surface area contributed by atoms with E-state index in [-0.39, 0.29) is 79.6 Å². The Morgan fingerprint density at radius 1 is 0.807 bits per heavy atom. The first kappa shape index (κ1) is 86.3. The predicted molar refractivity (Wildman–Crippen MR) is 357 cm³/mol. The molecule has 2 heterocycles. The molecule has 1 aliphatic rings. The summed E-state index contributed by atoms with van der Waals surface area (Å²) in [5.41, 5.74) is 1.75. The van der Waals surface area contributed by atoms with E-state index in [2.05, 4.69) is 120 Å². The summed E-state index contributed by atoms with van der Waals surface area (Å²) in [4.78, 5) is 120. The number of methoxy groups -OCH3 is 1. The molecule has 0 aliphatic carbocycles. The molecular formula is C66H117BrN10O11. The summed E-state index contributed by atoms with van der Waals surface area (Å²) in [5.74, 6) is -0.206. The molecule has 0 saturated carbocycles. The van der Waals surface area contributed by atoms with Crippen LogP contribution in [0.4, 0.5) is 5.69 Å². The first-order valence-electron chi connectivity index (χ1n) is 31.9. The lowest BCUT2D eigenvalue weighted by molar-refractivity contribution is -0.138. The van der Waals surface area contributed by atoms with E-state index >= 15 is 0 Å². The van der Waals surface area contributed by atoms with Crippen LogP contribution < -0.4 is 26.6 Å². The second-order valence-corrected chi connectivity index (χ2v) is 23.2. The molecule has 0 bridgehead atoms. The number of aliphatic carboxylic acids is 1. The molecule has 1 saturated heterocycles. The van der Waals surface area contributed by atoms with Crippen LogP contribution in [0, 0.1) is 35.5 Å². The molecule has 22 heteroatoms. The molecule has 9 atom stereocenters. The number of rotatable bonds is 33. The van der Waals surface area contributed by atoms with Gasteiger partial charge in [0.15, 0.2) is 0 Å². The van der Waals surface area contributed by atoms with Gasteiger partial charge in [-0.1, -0.05) is 163 Å². The number of hydrogen-bond acceptors (Lipinski definition) is 13. The van der Waals surface area contributed by atoms with Gasteiger partial charge in [0.2, 0.25) is 35.9 Å². The Hall–Kier alpha value is -5.87. The number of carboxylic acids is 1. The van der Waals surface area contributed by atoms with Crippen LogP contribution in [0.2, 0.25) is 0 Å². The van der Waals surface area contributed by atoms with Crippen molar-refractivity contribution in [3.05, 3.63) is 53.6 Å². The molecule has 9 unspecified atom stereocenters. The number of aromatic nitrogens is 2. The van der Waals surface area contributed by atoms with Gasteiger partial charge in [0.05, 0.1) is 42.7 Å². The summed E-state index contributed by atoms with van der Waals surface area (Å²) in [5, 5.41) is 20.8. The molecule has 1 aliphatic heterocycles. The summed E-state index contributed by atoms with van der Waals surface area (Å²) in [6.45, 7) is 32.8. The Morgan fingerprint density at radius 3 is 1.85 bits per heavy atom. The molecule has 1 aromatic carbocycles. The van der Waals surface area contributed by atoms with E-state index in [0.717, 1.165) is 30.7 Å². The number of nitrogens with zero attached hydrogens (tertiary/aromatic N) is 5. The highest BCUT2D eigenvalue weighted by Gasteiger charge is 2.35. The number of likely N-dealkylation sites (N-methyl/N-ethyl adjacent to an activating group) is 2. The molecule has 3 rings (SSSR count). The Balaban J connectivity index is -0.00000162. The molecule has 0 radical (unpaired) electrons. The quantitative estimate of drug-likeness (QED) is 0.0287. The van der Waals surface area contributed by atoms with E-state index in [9.17, 15) is 43.2 Å². The minimum atomic E-state index is -0.942. The van der Waals surface area contributed by atoms with Crippen molar-refractivity contribution in [2.24, 2.45) is 35.5 Å². The fraction of sp³-hybridized carbons (Fsp3) is 0.712. The van der Waals surface area contributed by atoms with Gasteiger partial charge in [0.25, 0.3) is 5.91 Å². The second-order valence-electron chi connectivity index (χ2n) is 22.7. The minimum Gasteiger partial charge on any atom is -0.481 e. The molecular weight excluding hydrogens is 1190 g/mol. The molecule has 7 amide bonds. The average Bonchev–Trinajstić information content (AvgIpc) is 3.48. The van der Waals surface area contributed by atoms with Crippen LogP contribution in [-0.2, 0) is 54.8 Å². The van der Waals surface area contributed by atoms with Crippen molar-refractivity contribution < 1.29 is 53.0 Å². The van der Waals surface area contributed by atoms with E-state index in [1.807, 2.05) is 57.8 Å². The Labute approximate surface area is 538 Å². The third-order valence-corrected chi connectivity index (χ3v) is 15.7. The number of nitrogens with one attached hydrogen (secondary N) is 5. The van der Waals surface area contributed by atoms with Crippen LogP contribution in [0.15, 0.2) is 36.7 Å². The molecule has 6 N–H and O–H groups in total. The van der Waals surface area contributed by atoms with Crippen LogP contribution in [-0.4, -0.2) is 169 Å². The lowest BCUT2D eigenvalue weighted by Gasteiger charge is -2.37. The van der Waals surface area contributed by atoms with E-state index in [4.69, 9.17) is 9.84 Å². The van der Waals surface area contributed by atoms with Crippen molar-refractivity contribution >= 4 is 75.2 Å². The molecule has 504 valence electrons. The van der Waals surface area contributed by atoms with Crippen molar-refractivity contribution in [1.29, 1.82) is 0 Å². The molecule has 0 spiro atoms. The van der Waals surface area contributed by atoms with Gasteiger partial charge in [-0.3, -0.25) is 43.2 Å². The number of likely N-dealkylation sites (tertiary alicyclic amines) is 1. The van der Waals surface area contributed by atoms with E-state index in [1.165, 1.54) is 77.9 Å². The third-order valence-electron chi connectivity index (χ3n) is 15.2. The largest absolute Gasteiger partial charge is 0.481 e. The first-order valence-corrected chi connectivity index (χ1v) is 33.0. The van der Waals surface area contributed by atoms with Gasteiger partial charge in [-0.15, -0.1) is 0 Å². The van der Waals surface area contributed by atoms with Crippen molar-refractivity contribution in [2.75, 3.05) is 72.8 Å². The number of anilines is 1. The molecule has 1 fully saturated rings. The normalized spacial score (nSPS) is 14.5. The third kappa shape index (κ3) is 38.5. The van der Waals surface area contributed by atoms with Crippen molar-refractivity contribution in [3.63, 3.8) is 0 Å². The van der Waals surface area contributed by atoms with Gasteiger partial charge in [-0.25, -0.2) is 9.97 Å². The highest BCUT2D eigenvalue weighted by Crippen LogP contribution is 2.35. The number of halogens is 1. The zero-order chi connectivity index (χ0) is 67.9. The predicted octanol–water partition coefficient (Wildman–Crippen LogP) is 9.75. The van der Waals surface area contributed by atoms with Gasteiger partial charge >= 0.3 is 5.97 Å². The number of ether oxygens (including phenoxy) is 1. The number of ketones is 1. The number of carboxylic acid groups (broad SMARTS) is 1. The van der Waals surface area contributed by atoms with E-state index < -0.39 is 35.6 Å². The van der Waals surface area contributed by atoms with E-state index in [1.54, 1.807) is 32.0 Å². The van der Waals surface area contributed by atoms with Crippen LogP contribution in [0.3, 0.4) is 0 Å². The summed E-state index contributed by atoms with van der Waals surface area (Å²) in [6.07, 6.45) is 14.8.